The second-order valence-corrected chi connectivity index (χ2v) is 6.35. The topological polar surface area (TPSA) is 97.3 Å². The maximum Gasteiger partial charge on any atom is 0.240 e. The largest absolute Gasteiger partial charge is 0.339 e. The van der Waals surface area contributed by atoms with Gasteiger partial charge in [-0.25, -0.2) is 0 Å². The highest BCUT2D eigenvalue weighted by Crippen LogP contribution is 2.29. The van der Waals surface area contributed by atoms with Gasteiger partial charge < -0.3 is 9.05 Å². The molecule has 3 heterocycles. The van der Waals surface area contributed by atoms with Crippen LogP contribution in [0.3, 0.4) is 0 Å². The molecule has 1 aliphatic heterocycles. The highest BCUT2D eigenvalue weighted by atomic mass is 16.5. The van der Waals surface area contributed by atoms with Gasteiger partial charge in [0, 0.05) is 12.5 Å². The van der Waals surface area contributed by atoms with Crippen LogP contribution >= 0.6 is 0 Å². The molecule has 3 rings (SSSR count). The minimum atomic E-state index is -0.132. The van der Waals surface area contributed by atoms with Gasteiger partial charge in [-0.05, 0) is 25.3 Å². The van der Waals surface area contributed by atoms with Gasteiger partial charge >= 0.3 is 0 Å². The zero-order chi connectivity index (χ0) is 17.1. The zero-order valence-corrected chi connectivity index (χ0v) is 14.3. The summed E-state index contributed by atoms with van der Waals surface area (Å²) in [6.45, 7) is 7.11. The van der Waals surface area contributed by atoms with Crippen LogP contribution in [0.4, 0.5) is 5.88 Å². The van der Waals surface area contributed by atoms with Crippen molar-refractivity contribution < 1.29 is 13.8 Å². The number of hydrogen-bond acceptors (Lipinski definition) is 7. The van der Waals surface area contributed by atoms with Crippen LogP contribution in [0.15, 0.2) is 15.1 Å². The predicted molar refractivity (Wildman–Crippen MR) is 86.4 cm³/mol. The second kappa shape index (κ2) is 7.12. The van der Waals surface area contributed by atoms with E-state index in [1.165, 1.54) is 0 Å². The summed E-state index contributed by atoms with van der Waals surface area (Å²) in [7, 11) is 0. The van der Waals surface area contributed by atoms with E-state index in [4.69, 9.17) is 9.05 Å². The maximum atomic E-state index is 12.3. The molecular formula is C16H23N5O3. The van der Waals surface area contributed by atoms with Gasteiger partial charge in [-0.15, -0.1) is 0 Å². The summed E-state index contributed by atoms with van der Waals surface area (Å²) in [4.78, 5) is 18.7. The highest BCUT2D eigenvalue weighted by Gasteiger charge is 2.31. The van der Waals surface area contributed by atoms with Gasteiger partial charge in [0.1, 0.15) is 0 Å². The molecule has 0 saturated carbocycles. The van der Waals surface area contributed by atoms with Crippen LogP contribution in [0.1, 0.15) is 63.0 Å². The first-order valence-corrected chi connectivity index (χ1v) is 8.39. The Morgan fingerprint density at radius 2 is 2.25 bits per heavy atom. The van der Waals surface area contributed by atoms with E-state index in [0.29, 0.717) is 24.0 Å². The van der Waals surface area contributed by atoms with E-state index in [1.54, 1.807) is 6.07 Å². The Morgan fingerprint density at radius 1 is 1.42 bits per heavy atom. The third kappa shape index (κ3) is 3.64. The molecule has 130 valence electrons. The monoisotopic (exact) mass is 333 g/mol. The number of anilines is 1. The lowest BCUT2D eigenvalue weighted by Gasteiger charge is -2.20. The van der Waals surface area contributed by atoms with Crippen molar-refractivity contribution in [2.24, 2.45) is 0 Å². The molecule has 1 amide bonds. The summed E-state index contributed by atoms with van der Waals surface area (Å²) in [6, 6.07) is 1.79. The fourth-order valence-electron chi connectivity index (χ4n) is 2.84. The molecular weight excluding hydrogens is 310 g/mol. The van der Waals surface area contributed by atoms with Gasteiger partial charge in [-0.3, -0.25) is 15.0 Å². The number of aryl methyl sites for hydroxylation is 1. The number of nitrogens with zero attached hydrogens (tertiary/aromatic N) is 4. The summed E-state index contributed by atoms with van der Waals surface area (Å²) in [5.74, 6) is 1.80. The lowest BCUT2D eigenvalue weighted by Crippen LogP contribution is -2.33. The zero-order valence-electron chi connectivity index (χ0n) is 14.3. The molecule has 1 aliphatic rings. The fraction of sp³-hybridized carbons (Fsp3) is 0.625. The van der Waals surface area contributed by atoms with Crippen molar-refractivity contribution in [3.05, 3.63) is 23.5 Å². The van der Waals surface area contributed by atoms with Gasteiger partial charge in [-0.2, -0.15) is 4.98 Å². The molecule has 0 aromatic carbocycles. The lowest BCUT2D eigenvalue weighted by molar-refractivity contribution is -0.117. The van der Waals surface area contributed by atoms with Crippen LogP contribution in [0.25, 0.3) is 0 Å². The Hall–Kier alpha value is -2.22. The fourth-order valence-corrected chi connectivity index (χ4v) is 2.84. The molecule has 2 aromatic rings. The molecule has 8 heteroatoms. The number of aromatic nitrogens is 3. The number of amides is 1. The summed E-state index contributed by atoms with van der Waals surface area (Å²) in [5.41, 5.74) is 0.822. The second-order valence-electron chi connectivity index (χ2n) is 6.35. The quantitative estimate of drug-likeness (QED) is 0.867. The highest BCUT2D eigenvalue weighted by molar-refractivity contribution is 5.91. The van der Waals surface area contributed by atoms with Crippen molar-refractivity contribution >= 4 is 11.8 Å². The van der Waals surface area contributed by atoms with E-state index in [-0.39, 0.29) is 24.4 Å². The van der Waals surface area contributed by atoms with E-state index in [9.17, 15) is 4.79 Å². The lowest BCUT2D eigenvalue weighted by atomic mass is 10.1. The first-order chi connectivity index (χ1) is 11.6. The molecule has 0 bridgehead atoms. The summed E-state index contributed by atoms with van der Waals surface area (Å²) < 4.78 is 10.3. The normalized spacial score (nSPS) is 18.4. The van der Waals surface area contributed by atoms with Crippen molar-refractivity contribution in [2.45, 2.75) is 52.0 Å². The molecule has 0 aliphatic carbocycles. The molecule has 2 aromatic heterocycles. The van der Waals surface area contributed by atoms with Crippen molar-refractivity contribution in [3.63, 3.8) is 0 Å². The predicted octanol–water partition coefficient (Wildman–Crippen LogP) is 2.52. The minimum Gasteiger partial charge on any atom is -0.339 e. The van der Waals surface area contributed by atoms with Crippen LogP contribution in [0.2, 0.25) is 0 Å². The molecule has 1 fully saturated rings. The Bertz CT molecular complexity index is 693. The Balaban J connectivity index is 1.60. The summed E-state index contributed by atoms with van der Waals surface area (Å²) in [5, 5.41) is 10.7. The number of carbonyl (C=O) groups excluding carboxylic acids is 1. The van der Waals surface area contributed by atoms with E-state index >= 15 is 0 Å². The number of likely N-dealkylation sites (tertiary alicyclic amines) is 1. The van der Waals surface area contributed by atoms with E-state index in [2.05, 4.69) is 25.5 Å². The molecule has 0 radical (unpaired) electrons. The van der Waals surface area contributed by atoms with Crippen LogP contribution in [0.5, 0.6) is 0 Å². The standard InChI is InChI=1S/C16H23N5O3/c1-4-14-18-16(20-23-14)12-6-5-7-21(12)9-13(22)17-15-8-11(10(2)3)19-24-15/h8,10,12H,4-7,9H2,1-3H3,(H,17,22). The van der Waals surface area contributed by atoms with E-state index in [0.717, 1.165) is 25.1 Å². The number of nitrogens with one attached hydrogen (secondary N) is 1. The summed E-state index contributed by atoms with van der Waals surface area (Å²) >= 11 is 0. The van der Waals surface area contributed by atoms with Gasteiger partial charge in [0.25, 0.3) is 0 Å². The van der Waals surface area contributed by atoms with Crippen molar-refractivity contribution in [2.75, 3.05) is 18.4 Å². The van der Waals surface area contributed by atoms with Gasteiger partial charge in [0.15, 0.2) is 5.82 Å². The Kier molecular flexibility index (Phi) is 4.94. The third-order valence-corrected chi connectivity index (χ3v) is 4.18. The van der Waals surface area contributed by atoms with Gasteiger partial charge in [0.05, 0.1) is 18.3 Å². The van der Waals surface area contributed by atoms with Crippen molar-refractivity contribution in [1.29, 1.82) is 0 Å². The van der Waals surface area contributed by atoms with E-state index < -0.39 is 0 Å². The minimum absolute atomic E-state index is 0.0285. The van der Waals surface area contributed by atoms with Crippen LogP contribution in [-0.4, -0.2) is 39.2 Å². The molecule has 1 saturated heterocycles. The SMILES string of the molecule is CCc1nc(C2CCCN2CC(=O)Nc2cc(C(C)C)no2)no1. The van der Waals surface area contributed by atoms with Crippen LogP contribution in [-0.2, 0) is 11.2 Å². The maximum absolute atomic E-state index is 12.3. The molecule has 1 N–H and O–H groups in total. The Morgan fingerprint density at radius 3 is 2.92 bits per heavy atom. The third-order valence-electron chi connectivity index (χ3n) is 4.18. The summed E-state index contributed by atoms with van der Waals surface area (Å²) in [6.07, 6.45) is 2.65. The molecule has 24 heavy (non-hydrogen) atoms. The van der Waals surface area contributed by atoms with Crippen LogP contribution < -0.4 is 5.32 Å². The van der Waals surface area contributed by atoms with Crippen molar-refractivity contribution in [1.82, 2.24) is 20.2 Å². The first kappa shape index (κ1) is 16.6. The van der Waals surface area contributed by atoms with E-state index in [1.807, 2.05) is 20.8 Å². The smallest absolute Gasteiger partial charge is 0.240 e. The van der Waals surface area contributed by atoms with Gasteiger partial charge in [-0.1, -0.05) is 31.1 Å². The van der Waals surface area contributed by atoms with Crippen LogP contribution in [0, 0.1) is 0 Å². The van der Waals surface area contributed by atoms with Crippen molar-refractivity contribution in [3.8, 4) is 0 Å². The molecule has 8 nitrogen and oxygen atoms in total. The number of rotatable bonds is 6. The number of hydrogen-bond donors (Lipinski definition) is 1. The Labute approximate surface area is 140 Å². The molecule has 1 unspecified atom stereocenters. The molecule has 1 atom stereocenters. The molecule has 0 spiro atoms. The number of carbonyl (C=O) groups is 1. The van der Waals surface area contributed by atoms with Gasteiger partial charge in [0.2, 0.25) is 17.7 Å². The average Bonchev–Trinajstić information content (AvgIpc) is 3.26. The first-order valence-electron chi connectivity index (χ1n) is 8.39. The average molecular weight is 333 g/mol.